The maximum Gasteiger partial charge on any atom is 0.252 e. The van der Waals surface area contributed by atoms with Crippen molar-refractivity contribution in [1.82, 2.24) is 10.6 Å². The molecule has 1 saturated carbocycles. The molecule has 13 heavy (non-hydrogen) atoms. The van der Waals surface area contributed by atoms with Crippen molar-refractivity contribution in [3.05, 3.63) is 0 Å². The third kappa shape index (κ3) is 1.30. The van der Waals surface area contributed by atoms with E-state index in [0.717, 1.165) is 12.8 Å². The Morgan fingerprint density at radius 3 is 2.85 bits per heavy atom. The molecule has 1 unspecified atom stereocenters. The van der Waals surface area contributed by atoms with E-state index in [0.29, 0.717) is 18.4 Å². The van der Waals surface area contributed by atoms with Crippen LogP contribution in [-0.2, 0) is 4.79 Å². The highest BCUT2D eigenvalue weighted by Crippen LogP contribution is 2.40. The van der Waals surface area contributed by atoms with E-state index >= 15 is 0 Å². The number of hydrogen-bond acceptors (Lipinski definition) is 2. The fourth-order valence-corrected chi connectivity index (χ4v) is 1.76. The normalized spacial score (nSPS) is 36.2. The molecule has 1 aliphatic heterocycles. The molecule has 2 N–H and O–H groups in total. The van der Waals surface area contributed by atoms with Crippen molar-refractivity contribution in [3.63, 3.8) is 0 Å². The second-order valence-electron chi connectivity index (χ2n) is 3.88. The molecule has 0 radical (unpaired) electrons. The topological polar surface area (TPSA) is 53.5 Å². The average Bonchev–Trinajstić information content (AvgIpc) is 2.83. The second-order valence-corrected chi connectivity index (χ2v) is 3.88. The van der Waals surface area contributed by atoms with Gasteiger partial charge in [-0.3, -0.25) is 15.1 Å². The summed E-state index contributed by atoms with van der Waals surface area (Å²) in [5.41, 5.74) is -0.395. The molecule has 0 spiro atoms. The summed E-state index contributed by atoms with van der Waals surface area (Å²) in [5.74, 6) is 1.21. The molecule has 2 aliphatic rings. The van der Waals surface area contributed by atoms with Gasteiger partial charge in [-0.2, -0.15) is 0 Å². The lowest BCUT2D eigenvalue weighted by molar-refractivity contribution is -0.124. The Bertz CT molecular complexity index is 270. The molecule has 1 aliphatic carbocycles. The predicted octanol–water partition coefficient (Wildman–Crippen LogP) is 0.250. The summed E-state index contributed by atoms with van der Waals surface area (Å²) in [7, 11) is 0. The molecule has 2 fully saturated rings. The van der Waals surface area contributed by atoms with Crippen molar-refractivity contribution in [1.29, 1.82) is 0 Å². The Morgan fingerprint density at radius 2 is 2.31 bits per heavy atom. The minimum Gasteiger partial charge on any atom is -0.342 e. The van der Waals surface area contributed by atoms with Crippen LogP contribution in [-0.4, -0.2) is 24.0 Å². The molecule has 1 heterocycles. The summed E-state index contributed by atoms with van der Waals surface area (Å²) in [6.07, 6.45) is 2.30. The lowest BCUT2D eigenvalue weighted by atomic mass is 9.97. The molecular weight excluding hydrogens is 166 g/mol. The number of hydrogen-bond donors (Lipinski definition) is 2. The summed E-state index contributed by atoms with van der Waals surface area (Å²) in [5, 5.41) is 5.94. The quantitative estimate of drug-likeness (QED) is 0.641. The van der Waals surface area contributed by atoms with Gasteiger partial charge in [0.1, 0.15) is 5.54 Å². The largest absolute Gasteiger partial charge is 0.342 e. The van der Waals surface area contributed by atoms with Crippen LogP contribution >= 0.6 is 0 Å². The Kier molecular flexibility index (Phi) is 1.78. The van der Waals surface area contributed by atoms with Crippen molar-refractivity contribution in [2.24, 2.45) is 10.9 Å². The maximum atomic E-state index is 11.6. The number of aliphatic imine (C=N–C) groups is 1. The molecule has 1 amide bonds. The SMILES string of the molecule is CCN=C1NC(=O)C(C)(C2CC2)N1. The molecule has 1 atom stereocenters. The minimum absolute atomic E-state index is 0.0715. The van der Waals surface area contributed by atoms with E-state index in [2.05, 4.69) is 15.6 Å². The van der Waals surface area contributed by atoms with Gasteiger partial charge in [-0.1, -0.05) is 0 Å². The summed E-state index contributed by atoms with van der Waals surface area (Å²) in [4.78, 5) is 15.8. The van der Waals surface area contributed by atoms with Crippen LogP contribution in [0, 0.1) is 5.92 Å². The van der Waals surface area contributed by atoms with E-state index in [9.17, 15) is 4.79 Å². The van der Waals surface area contributed by atoms with Crippen molar-refractivity contribution < 1.29 is 4.79 Å². The van der Waals surface area contributed by atoms with Gasteiger partial charge in [-0.05, 0) is 32.6 Å². The molecule has 0 aromatic rings. The third-order valence-electron chi connectivity index (χ3n) is 2.79. The van der Waals surface area contributed by atoms with E-state index in [1.807, 2.05) is 13.8 Å². The zero-order chi connectivity index (χ0) is 9.47. The number of guanidine groups is 1. The van der Waals surface area contributed by atoms with E-state index in [-0.39, 0.29) is 5.91 Å². The highest BCUT2D eigenvalue weighted by atomic mass is 16.2. The van der Waals surface area contributed by atoms with Gasteiger partial charge in [0.15, 0.2) is 5.96 Å². The third-order valence-corrected chi connectivity index (χ3v) is 2.79. The standard InChI is InChI=1S/C9H15N3O/c1-3-10-8-11-7(13)9(2,12-8)6-4-5-6/h6H,3-5H2,1-2H3,(H2,10,11,12,13). The van der Waals surface area contributed by atoms with Gasteiger partial charge in [0.25, 0.3) is 5.91 Å². The number of nitrogens with zero attached hydrogens (tertiary/aromatic N) is 1. The molecule has 2 rings (SSSR count). The number of carbonyl (C=O) groups excluding carboxylic acids is 1. The first-order valence-corrected chi connectivity index (χ1v) is 4.81. The van der Waals surface area contributed by atoms with Crippen molar-refractivity contribution >= 4 is 11.9 Å². The number of rotatable bonds is 2. The van der Waals surface area contributed by atoms with Gasteiger partial charge >= 0.3 is 0 Å². The van der Waals surface area contributed by atoms with Crippen LogP contribution in [0.3, 0.4) is 0 Å². The zero-order valence-electron chi connectivity index (χ0n) is 8.05. The van der Waals surface area contributed by atoms with Crippen molar-refractivity contribution in [3.8, 4) is 0 Å². The molecule has 72 valence electrons. The van der Waals surface area contributed by atoms with Crippen LogP contribution in [0.1, 0.15) is 26.7 Å². The van der Waals surface area contributed by atoms with Gasteiger partial charge in [-0.25, -0.2) is 0 Å². The molecule has 0 aromatic heterocycles. The van der Waals surface area contributed by atoms with Crippen LogP contribution in [0.5, 0.6) is 0 Å². The Morgan fingerprint density at radius 1 is 1.62 bits per heavy atom. The van der Waals surface area contributed by atoms with Gasteiger partial charge in [0.2, 0.25) is 0 Å². The minimum atomic E-state index is -0.395. The lowest BCUT2D eigenvalue weighted by Gasteiger charge is -2.19. The first-order chi connectivity index (χ1) is 6.16. The van der Waals surface area contributed by atoms with Gasteiger partial charge in [0.05, 0.1) is 0 Å². The monoisotopic (exact) mass is 181 g/mol. The average molecular weight is 181 g/mol. The number of nitrogens with one attached hydrogen (secondary N) is 2. The lowest BCUT2D eigenvalue weighted by Crippen LogP contribution is -2.45. The Hall–Kier alpha value is -1.06. The first kappa shape index (κ1) is 8.53. The summed E-state index contributed by atoms with van der Waals surface area (Å²) in [6.45, 7) is 4.61. The Labute approximate surface area is 77.8 Å². The summed E-state index contributed by atoms with van der Waals surface area (Å²) in [6, 6.07) is 0. The smallest absolute Gasteiger partial charge is 0.252 e. The highest BCUT2D eigenvalue weighted by Gasteiger charge is 2.51. The van der Waals surface area contributed by atoms with Crippen LogP contribution in [0.2, 0.25) is 0 Å². The highest BCUT2D eigenvalue weighted by molar-refractivity contribution is 6.09. The molecule has 0 bridgehead atoms. The maximum absolute atomic E-state index is 11.6. The van der Waals surface area contributed by atoms with Crippen molar-refractivity contribution in [2.75, 3.05) is 6.54 Å². The van der Waals surface area contributed by atoms with E-state index in [1.165, 1.54) is 0 Å². The molecule has 4 nitrogen and oxygen atoms in total. The predicted molar refractivity (Wildman–Crippen MR) is 50.4 cm³/mol. The number of amides is 1. The second kappa shape index (κ2) is 2.72. The fourth-order valence-electron chi connectivity index (χ4n) is 1.76. The fraction of sp³-hybridized carbons (Fsp3) is 0.778. The number of carbonyl (C=O) groups is 1. The first-order valence-electron chi connectivity index (χ1n) is 4.81. The Balaban J connectivity index is 2.15. The van der Waals surface area contributed by atoms with Gasteiger partial charge in [0, 0.05) is 6.54 Å². The van der Waals surface area contributed by atoms with Crippen LogP contribution < -0.4 is 10.6 Å². The summed E-state index contributed by atoms with van der Waals surface area (Å²) < 4.78 is 0. The van der Waals surface area contributed by atoms with Gasteiger partial charge < -0.3 is 5.32 Å². The summed E-state index contributed by atoms with van der Waals surface area (Å²) >= 11 is 0. The van der Waals surface area contributed by atoms with E-state index in [1.54, 1.807) is 0 Å². The molecule has 4 heteroatoms. The zero-order valence-corrected chi connectivity index (χ0v) is 8.05. The van der Waals surface area contributed by atoms with Crippen molar-refractivity contribution in [2.45, 2.75) is 32.2 Å². The van der Waals surface area contributed by atoms with Crippen LogP contribution in [0.4, 0.5) is 0 Å². The van der Waals surface area contributed by atoms with E-state index < -0.39 is 5.54 Å². The molecular formula is C9H15N3O. The van der Waals surface area contributed by atoms with E-state index in [4.69, 9.17) is 0 Å². The molecule has 1 saturated heterocycles. The molecule has 0 aromatic carbocycles. The van der Waals surface area contributed by atoms with Crippen LogP contribution in [0.15, 0.2) is 4.99 Å². The van der Waals surface area contributed by atoms with Crippen LogP contribution in [0.25, 0.3) is 0 Å². The van der Waals surface area contributed by atoms with Gasteiger partial charge in [-0.15, -0.1) is 0 Å².